The van der Waals surface area contributed by atoms with Crippen molar-refractivity contribution >= 4 is 51.2 Å². The largest absolute Gasteiger partial charge is 0.618 e. The van der Waals surface area contributed by atoms with E-state index in [0.29, 0.717) is 39.0 Å². The summed E-state index contributed by atoms with van der Waals surface area (Å²) in [6.45, 7) is 4.71. The molecule has 0 radical (unpaired) electrons. The van der Waals surface area contributed by atoms with Gasteiger partial charge in [0.25, 0.3) is 0 Å². The number of halogens is 1. The quantitative estimate of drug-likeness (QED) is 0.263. The summed E-state index contributed by atoms with van der Waals surface area (Å²) in [5.41, 5.74) is 8.77. The van der Waals surface area contributed by atoms with Gasteiger partial charge in [0, 0.05) is 42.0 Å². The highest BCUT2D eigenvalue weighted by atomic mass is 35.5. The highest BCUT2D eigenvalue weighted by Gasteiger charge is 2.55. The molecule has 0 aromatic carbocycles. The lowest BCUT2D eigenvalue weighted by molar-refractivity contribution is -0.577. The van der Waals surface area contributed by atoms with Gasteiger partial charge in [-0.2, -0.15) is 4.73 Å². The third-order valence-corrected chi connectivity index (χ3v) is 7.96. The minimum atomic E-state index is 0.516. The molecule has 8 nitrogen and oxygen atoms in total. The van der Waals surface area contributed by atoms with Crippen molar-refractivity contribution in [3.05, 3.63) is 46.5 Å². The van der Waals surface area contributed by atoms with Crippen LogP contribution in [-0.2, 0) is 6.42 Å². The van der Waals surface area contributed by atoms with E-state index in [0.717, 1.165) is 58.2 Å². The summed E-state index contributed by atoms with van der Waals surface area (Å²) in [7, 11) is 0. The number of pyridine rings is 2. The van der Waals surface area contributed by atoms with Gasteiger partial charge < -0.3 is 20.8 Å². The Kier molecular flexibility index (Phi) is 4.67. The number of aromatic nitrogens is 5. The molecule has 5 heterocycles. The average molecular weight is 468 g/mol. The Labute approximate surface area is 193 Å². The van der Waals surface area contributed by atoms with Crippen molar-refractivity contribution in [1.29, 1.82) is 0 Å². The zero-order valence-electron chi connectivity index (χ0n) is 17.5. The van der Waals surface area contributed by atoms with Crippen LogP contribution in [0.2, 0.25) is 5.02 Å². The van der Waals surface area contributed by atoms with Gasteiger partial charge in [-0.25, -0.2) is 15.0 Å². The van der Waals surface area contributed by atoms with Crippen LogP contribution >= 0.6 is 23.4 Å². The van der Waals surface area contributed by atoms with Crippen LogP contribution < -0.4 is 15.4 Å². The maximum atomic E-state index is 12.1. The fourth-order valence-electron chi connectivity index (χ4n) is 4.96. The molecule has 2 aliphatic rings. The molecule has 1 aliphatic heterocycles. The SMILES string of the molecule is CCc1[nH]c2nc(Sc3cnc4ccc[n+]([O-])c4c3)nc(N3C[C@@H]4C(CN)[C@@H]4C3)c2c1Cl. The molecule has 164 valence electrons. The molecule has 0 amide bonds. The van der Waals surface area contributed by atoms with Gasteiger partial charge in [0.05, 0.1) is 10.4 Å². The molecule has 4 aromatic heterocycles. The van der Waals surface area contributed by atoms with Gasteiger partial charge in [-0.05, 0) is 48.5 Å². The van der Waals surface area contributed by atoms with E-state index in [9.17, 15) is 5.21 Å². The smallest absolute Gasteiger partial charge is 0.243 e. The molecule has 10 heteroatoms. The van der Waals surface area contributed by atoms with E-state index in [2.05, 4.69) is 21.8 Å². The number of nitrogens with one attached hydrogen (secondary N) is 1. The number of nitrogens with zero attached hydrogens (tertiary/aromatic N) is 5. The first-order valence-electron chi connectivity index (χ1n) is 10.8. The molecule has 32 heavy (non-hydrogen) atoms. The van der Waals surface area contributed by atoms with Crippen molar-refractivity contribution in [3.8, 4) is 0 Å². The lowest BCUT2D eigenvalue weighted by atomic mass is 10.2. The minimum Gasteiger partial charge on any atom is -0.618 e. The number of anilines is 1. The van der Waals surface area contributed by atoms with Gasteiger partial charge in [0.2, 0.25) is 5.52 Å². The van der Waals surface area contributed by atoms with Crippen LogP contribution in [0.25, 0.3) is 22.1 Å². The Balaban J connectivity index is 1.40. The molecular weight excluding hydrogens is 446 g/mol. The first-order chi connectivity index (χ1) is 15.6. The van der Waals surface area contributed by atoms with E-state index in [-0.39, 0.29) is 0 Å². The van der Waals surface area contributed by atoms with E-state index in [1.54, 1.807) is 12.3 Å². The van der Waals surface area contributed by atoms with Gasteiger partial charge in [0.1, 0.15) is 17.0 Å². The second-order valence-electron chi connectivity index (χ2n) is 8.47. The molecule has 6 rings (SSSR count). The van der Waals surface area contributed by atoms with Gasteiger partial charge in [-0.3, -0.25) is 0 Å². The molecule has 3 N–H and O–H groups in total. The van der Waals surface area contributed by atoms with Crippen LogP contribution in [0.1, 0.15) is 12.6 Å². The lowest BCUT2D eigenvalue weighted by Gasteiger charge is -2.22. The van der Waals surface area contributed by atoms with Crippen molar-refractivity contribution in [3.63, 3.8) is 0 Å². The fraction of sp³-hybridized carbons (Fsp3) is 0.364. The Morgan fingerprint density at radius 3 is 2.91 bits per heavy atom. The van der Waals surface area contributed by atoms with E-state index < -0.39 is 0 Å². The molecule has 4 aromatic rings. The van der Waals surface area contributed by atoms with Gasteiger partial charge in [0.15, 0.2) is 11.4 Å². The number of rotatable bonds is 5. The van der Waals surface area contributed by atoms with Crippen LogP contribution in [-0.4, -0.2) is 39.6 Å². The zero-order valence-corrected chi connectivity index (χ0v) is 19.0. The Hall–Kier alpha value is -2.62. The van der Waals surface area contributed by atoms with E-state index in [1.165, 1.54) is 18.0 Å². The van der Waals surface area contributed by atoms with Gasteiger partial charge in [-0.15, -0.1) is 0 Å². The third kappa shape index (κ3) is 3.10. The summed E-state index contributed by atoms with van der Waals surface area (Å²) in [6, 6.07) is 5.33. The molecule has 1 unspecified atom stereocenters. The zero-order chi connectivity index (χ0) is 22.0. The maximum absolute atomic E-state index is 12.1. The topological polar surface area (TPSA) is 111 Å². The number of aryl methyl sites for hydroxylation is 1. The van der Waals surface area contributed by atoms with Gasteiger partial charge >= 0.3 is 0 Å². The normalized spacial score (nSPS) is 22.1. The summed E-state index contributed by atoms with van der Waals surface area (Å²) in [5, 5.41) is 14.3. The molecule has 0 bridgehead atoms. The van der Waals surface area contributed by atoms with Crippen molar-refractivity contribution < 1.29 is 4.73 Å². The van der Waals surface area contributed by atoms with Gasteiger partial charge in [-0.1, -0.05) is 18.5 Å². The van der Waals surface area contributed by atoms with E-state index >= 15 is 0 Å². The lowest BCUT2D eigenvalue weighted by Crippen LogP contribution is -2.27. The van der Waals surface area contributed by atoms with Crippen molar-refractivity contribution in [2.45, 2.75) is 23.4 Å². The second kappa shape index (κ2) is 7.47. The number of hydrogen-bond donors (Lipinski definition) is 2. The summed E-state index contributed by atoms with van der Waals surface area (Å²) >= 11 is 8.12. The predicted octanol–water partition coefficient (Wildman–Crippen LogP) is 3.15. The Morgan fingerprint density at radius 1 is 1.34 bits per heavy atom. The van der Waals surface area contributed by atoms with Crippen molar-refractivity contribution in [2.75, 3.05) is 24.5 Å². The first-order valence-corrected chi connectivity index (χ1v) is 12.0. The van der Waals surface area contributed by atoms with E-state index in [4.69, 9.17) is 27.3 Å². The molecular formula is C22H22ClN7OS. The average Bonchev–Trinajstić information content (AvgIpc) is 3.11. The van der Waals surface area contributed by atoms with Crippen LogP contribution in [0, 0.1) is 23.0 Å². The van der Waals surface area contributed by atoms with E-state index in [1.807, 2.05) is 12.1 Å². The number of fused-ring (bicyclic) bond motifs is 3. The number of nitrogens with two attached hydrogens (primary N) is 1. The summed E-state index contributed by atoms with van der Waals surface area (Å²) in [5.74, 6) is 2.78. The standard InChI is InChI=1S/C22H22ClN7OS/c1-2-15-19(23)18-20(26-15)27-22(28-21(18)29-9-13-12(7-24)14(13)10-29)32-11-6-17-16(25-8-11)4-3-5-30(17)31/h3-6,8,12-14H,2,7,9-10,24H2,1H3,(H,26,27,28)/t12?,13-,14+. The molecule has 1 saturated carbocycles. The van der Waals surface area contributed by atoms with Crippen molar-refractivity contribution in [2.24, 2.45) is 23.5 Å². The maximum Gasteiger partial charge on any atom is 0.243 e. The second-order valence-corrected chi connectivity index (χ2v) is 9.89. The molecule has 3 atom stereocenters. The molecule has 1 aliphatic carbocycles. The fourth-order valence-corrected chi connectivity index (χ4v) is 6.08. The summed E-state index contributed by atoms with van der Waals surface area (Å²) in [6.07, 6.45) is 4.01. The summed E-state index contributed by atoms with van der Waals surface area (Å²) < 4.78 is 0.824. The predicted molar refractivity (Wildman–Crippen MR) is 125 cm³/mol. The molecule has 0 spiro atoms. The van der Waals surface area contributed by atoms with Crippen LogP contribution in [0.3, 0.4) is 0 Å². The molecule has 2 fully saturated rings. The van der Waals surface area contributed by atoms with Crippen LogP contribution in [0.5, 0.6) is 0 Å². The number of aromatic amines is 1. The Bertz CT molecular complexity index is 1350. The number of piperidine rings is 1. The number of H-pyrrole nitrogens is 1. The highest BCUT2D eigenvalue weighted by Crippen LogP contribution is 2.52. The highest BCUT2D eigenvalue weighted by molar-refractivity contribution is 7.99. The third-order valence-electron chi connectivity index (χ3n) is 6.71. The Morgan fingerprint density at radius 2 is 2.16 bits per heavy atom. The molecule has 1 saturated heterocycles. The first kappa shape index (κ1) is 20.0. The minimum absolute atomic E-state index is 0.516. The van der Waals surface area contributed by atoms with Crippen LogP contribution in [0.15, 0.2) is 40.6 Å². The monoisotopic (exact) mass is 467 g/mol. The van der Waals surface area contributed by atoms with Crippen LogP contribution in [0.4, 0.5) is 5.82 Å². The van der Waals surface area contributed by atoms with Crippen molar-refractivity contribution in [1.82, 2.24) is 19.9 Å². The summed E-state index contributed by atoms with van der Waals surface area (Å²) in [4.78, 5) is 20.6. The number of hydrogen-bond acceptors (Lipinski definition) is 7.